The number of carbonyl (C=O) groups is 1. The average Bonchev–Trinajstić information content (AvgIpc) is 4.06. The number of ether oxygens (including phenoxy) is 3. The van der Waals surface area contributed by atoms with Crippen LogP contribution in [0, 0.1) is 52.6 Å². The summed E-state index contributed by atoms with van der Waals surface area (Å²) in [6.07, 6.45) is 10.6. The molecular weight excluding hydrogens is 722 g/mol. The molecule has 0 radical (unpaired) electrons. The number of urea groups is 1. The second kappa shape index (κ2) is 12.8. The van der Waals surface area contributed by atoms with Crippen molar-refractivity contribution in [3.8, 4) is 47.3 Å². The number of hydrogen-bond acceptors (Lipinski definition) is 11. The SMILES string of the molecule is C#Cc1c(F)ccc2cc(O)cc(-c3nc(OC)c4c(N5CC6CCC(C5)N6C(=O)NC5(C#N)COC5)nc(OCC5(CN6CC7CC7C6)CC5)nc4c3F)c12. The summed E-state index contributed by atoms with van der Waals surface area (Å²) in [7, 11) is 1.41. The summed E-state index contributed by atoms with van der Waals surface area (Å²) in [6.45, 7) is 4.54. The number of amides is 2. The zero-order valence-corrected chi connectivity index (χ0v) is 30.9. The number of rotatable bonds is 9. The Kier molecular flexibility index (Phi) is 7.96. The number of nitriles is 1. The molecule has 288 valence electrons. The summed E-state index contributed by atoms with van der Waals surface area (Å²) in [4.78, 5) is 34.1. The van der Waals surface area contributed by atoms with Crippen molar-refractivity contribution < 1.29 is 32.9 Å². The van der Waals surface area contributed by atoms with E-state index in [1.807, 2.05) is 4.90 Å². The van der Waals surface area contributed by atoms with Crippen LogP contribution in [0.4, 0.5) is 19.4 Å². The van der Waals surface area contributed by atoms with Gasteiger partial charge in [0.25, 0.3) is 0 Å². The van der Waals surface area contributed by atoms with Crippen LogP contribution < -0.4 is 19.7 Å². The maximum absolute atomic E-state index is 17.3. The van der Waals surface area contributed by atoms with E-state index in [4.69, 9.17) is 25.6 Å². The van der Waals surface area contributed by atoms with E-state index in [-0.39, 0.29) is 87.5 Å². The maximum atomic E-state index is 17.3. The second-order valence-corrected chi connectivity index (χ2v) is 16.5. The van der Waals surface area contributed by atoms with E-state index in [2.05, 4.69) is 32.2 Å². The Morgan fingerprint density at radius 2 is 1.84 bits per heavy atom. The molecule has 10 rings (SSSR count). The molecule has 2 aromatic heterocycles. The molecule has 13 nitrogen and oxygen atoms in total. The number of nitrogens with one attached hydrogen (secondary N) is 1. The predicted molar refractivity (Wildman–Crippen MR) is 200 cm³/mol. The Morgan fingerprint density at radius 3 is 2.48 bits per heavy atom. The minimum absolute atomic E-state index is 0.00725. The zero-order chi connectivity index (χ0) is 38.5. The first-order valence-corrected chi connectivity index (χ1v) is 19.2. The molecule has 2 N–H and O–H groups in total. The second-order valence-electron chi connectivity index (χ2n) is 16.5. The van der Waals surface area contributed by atoms with Crippen LogP contribution >= 0.6 is 0 Å². The van der Waals surface area contributed by atoms with Crippen molar-refractivity contribution in [2.24, 2.45) is 17.3 Å². The lowest BCUT2D eigenvalue weighted by molar-refractivity contribution is -0.0402. The first-order valence-electron chi connectivity index (χ1n) is 19.2. The van der Waals surface area contributed by atoms with Crippen LogP contribution in [-0.2, 0) is 4.74 Å². The highest BCUT2D eigenvalue weighted by Crippen LogP contribution is 2.51. The fourth-order valence-corrected chi connectivity index (χ4v) is 9.46. The number of likely N-dealkylation sites (tertiary alicyclic amines) is 1. The molecular formula is C41H40F2N8O5. The number of aromatic nitrogens is 3. The van der Waals surface area contributed by atoms with E-state index in [1.165, 1.54) is 37.8 Å². The number of anilines is 1. The van der Waals surface area contributed by atoms with Crippen LogP contribution in [0.5, 0.6) is 17.6 Å². The number of terminal acetylenes is 1. The van der Waals surface area contributed by atoms with Crippen LogP contribution in [0.3, 0.4) is 0 Å². The fraction of sp³-hybridized carbons (Fsp3) is 0.488. The van der Waals surface area contributed by atoms with Gasteiger partial charge < -0.3 is 39.3 Å². The number of hydrogen-bond donors (Lipinski definition) is 2. The number of piperazine rings is 1. The molecule has 4 aliphatic heterocycles. The summed E-state index contributed by atoms with van der Waals surface area (Å²) >= 11 is 0. The summed E-state index contributed by atoms with van der Waals surface area (Å²) in [5.41, 5.74) is -1.47. The van der Waals surface area contributed by atoms with Gasteiger partial charge in [-0.15, -0.1) is 6.42 Å². The summed E-state index contributed by atoms with van der Waals surface area (Å²) < 4.78 is 49.9. The molecule has 6 heterocycles. The van der Waals surface area contributed by atoms with E-state index in [0.29, 0.717) is 30.9 Å². The number of phenolic OH excluding ortho intramolecular Hbond substituents is 1. The number of nitrogens with zero attached hydrogens (tertiary/aromatic N) is 7. The van der Waals surface area contributed by atoms with Crippen LogP contribution in [0.25, 0.3) is 32.9 Å². The Morgan fingerprint density at radius 1 is 1.09 bits per heavy atom. The molecule has 4 saturated heterocycles. The van der Waals surface area contributed by atoms with Crippen LogP contribution in [0.15, 0.2) is 24.3 Å². The van der Waals surface area contributed by atoms with E-state index in [0.717, 1.165) is 57.2 Å². The lowest BCUT2D eigenvalue weighted by Gasteiger charge is -2.44. The van der Waals surface area contributed by atoms with Gasteiger partial charge in [-0.25, -0.2) is 18.6 Å². The monoisotopic (exact) mass is 762 g/mol. The maximum Gasteiger partial charge on any atom is 0.319 e. The molecule has 4 aromatic rings. The van der Waals surface area contributed by atoms with Crippen molar-refractivity contribution in [2.45, 2.75) is 49.7 Å². The number of fused-ring (bicyclic) bond motifs is 5. The van der Waals surface area contributed by atoms with Gasteiger partial charge in [0, 0.05) is 49.1 Å². The molecule has 6 aliphatic rings. The summed E-state index contributed by atoms with van der Waals surface area (Å²) in [5.74, 6) is 2.65. The number of aromatic hydroxyl groups is 1. The van der Waals surface area contributed by atoms with E-state index in [9.17, 15) is 15.2 Å². The molecule has 6 fully saturated rings. The van der Waals surface area contributed by atoms with Gasteiger partial charge in [-0.2, -0.15) is 15.2 Å². The number of benzene rings is 2. The number of phenols is 1. The van der Waals surface area contributed by atoms with Crippen LogP contribution in [0.1, 0.15) is 37.7 Å². The molecule has 2 aromatic carbocycles. The first kappa shape index (κ1) is 34.9. The molecule has 4 unspecified atom stereocenters. The molecule has 56 heavy (non-hydrogen) atoms. The summed E-state index contributed by atoms with van der Waals surface area (Å²) in [5, 5.41) is 24.1. The third-order valence-electron chi connectivity index (χ3n) is 12.7. The molecule has 2 bridgehead atoms. The van der Waals surface area contributed by atoms with Crippen LogP contribution in [-0.4, -0.2) is 113 Å². The Labute approximate surface area is 321 Å². The molecule has 15 heteroatoms. The minimum Gasteiger partial charge on any atom is -0.508 e. The lowest BCUT2D eigenvalue weighted by atomic mass is 9.95. The fourth-order valence-electron chi connectivity index (χ4n) is 9.46. The number of halogens is 2. The first-order chi connectivity index (χ1) is 27.1. The van der Waals surface area contributed by atoms with Gasteiger partial charge in [0.15, 0.2) is 11.4 Å². The number of piperidine rings is 1. The topological polar surface area (TPSA) is 149 Å². The van der Waals surface area contributed by atoms with Gasteiger partial charge >= 0.3 is 12.0 Å². The Balaban J connectivity index is 1.06. The normalized spacial score (nSPS) is 25.3. The predicted octanol–water partition coefficient (Wildman–Crippen LogP) is 4.58. The third kappa shape index (κ3) is 5.70. The van der Waals surface area contributed by atoms with Crippen molar-refractivity contribution in [2.75, 3.05) is 64.6 Å². The molecule has 2 amide bonds. The van der Waals surface area contributed by atoms with Crippen molar-refractivity contribution in [3.05, 3.63) is 41.5 Å². The standard InChI is InChI=1S/C41H40F2N8O5/c1-3-28-30(42)7-4-22-11-27(52)12-29(31(22)28)34-33(43)35-32(37(45-34)54-2)36(47-38(46-35)56-19-40(8-9-40)18-49-13-23-10-24(23)14-49)50-15-25-5-6-26(16-50)51(25)39(53)48-41(17-44)20-55-21-41/h1,4,7,11-12,23-26,52H,5-6,8-10,13-16,18-21H2,2H3,(H,48,53). The molecule has 2 aliphatic carbocycles. The van der Waals surface area contributed by atoms with Gasteiger partial charge in [-0.3, -0.25) is 0 Å². The van der Waals surface area contributed by atoms with Gasteiger partial charge in [0.05, 0.1) is 50.6 Å². The van der Waals surface area contributed by atoms with Gasteiger partial charge in [0.1, 0.15) is 34.0 Å². The van der Waals surface area contributed by atoms with Crippen molar-refractivity contribution in [3.63, 3.8) is 0 Å². The smallest absolute Gasteiger partial charge is 0.319 e. The van der Waals surface area contributed by atoms with Crippen molar-refractivity contribution in [1.82, 2.24) is 30.1 Å². The van der Waals surface area contributed by atoms with E-state index in [1.54, 1.807) is 4.90 Å². The lowest BCUT2D eigenvalue weighted by Crippen LogP contribution is -2.66. The largest absolute Gasteiger partial charge is 0.508 e. The highest BCUT2D eigenvalue weighted by atomic mass is 19.1. The average molecular weight is 763 g/mol. The van der Waals surface area contributed by atoms with Gasteiger partial charge in [0.2, 0.25) is 5.88 Å². The molecule has 2 saturated carbocycles. The zero-order valence-electron chi connectivity index (χ0n) is 30.9. The highest BCUT2D eigenvalue weighted by Gasteiger charge is 2.51. The number of methoxy groups -OCH3 is 1. The minimum atomic E-state index is -1.04. The highest BCUT2D eigenvalue weighted by molar-refractivity contribution is 6.04. The van der Waals surface area contributed by atoms with Crippen molar-refractivity contribution in [1.29, 1.82) is 5.26 Å². The van der Waals surface area contributed by atoms with Crippen molar-refractivity contribution >= 4 is 33.5 Å². The van der Waals surface area contributed by atoms with Gasteiger partial charge in [-0.1, -0.05) is 12.0 Å². The molecule has 4 atom stereocenters. The van der Waals surface area contributed by atoms with E-state index < -0.39 is 17.2 Å². The van der Waals surface area contributed by atoms with Crippen LogP contribution in [0.2, 0.25) is 0 Å². The quantitative estimate of drug-likeness (QED) is 0.231. The van der Waals surface area contributed by atoms with E-state index >= 15 is 8.78 Å². The van der Waals surface area contributed by atoms with Gasteiger partial charge in [-0.05, 0) is 67.5 Å². The summed E-state index contributed by atoms with van der Waals surface area (Å²) in [6, 6.07) is 6.79. The Bertz CT molecular complexity index is 2380. The third-order valence-corrected chi connectivity index (χ3v) is 12.7. The Hall–Kier alpha value is -5.51. The number of carbonyl (C=O) groups excluding carboxylic acids is 1. The number of pyridine rings is 1. The molecule has 0 spiro atoms.